The highest BCUT2D eigenvalue weighted by Gasteiger charge is 2.20. The molecule has 0 fully saturated rings. The van der Waals surface area contributed by atoms with Crippen molar-refractivity contribution >= 4 is 6.08 Å². The van der Waals surface area contributed by atoms with Gasteiger partial charge in [0, 0.05) is 0 Å². The van der Waals surface area contributed by atoms with Gasteiger partial charge >= 0.3 is 0 Å². The lowest BCUT2D eigenvalue weighted by Crippen LogP contribution is -2.15. The van der Waals surface area contributed by atoms with Gasteiger partial charge in [0.1, 0.15) is 0 Å². The number of isocyanates is 1. The number of hydrogen-bond donors (Lipinski definition) is 0. The van der Waals surface area contributed by atoms with E-state index in [1.54, 1.807) is 6.08 Å². The number of carbonyl (C=O) groups excluding carboxylic acids is 1. The van der Waals surface area contributed by atoms with Gasteiger partial charge in [-0.2, -0.15) is 4.99 Å². The zero-order chi connectivity index (χ0) is 10.8. The van der Waals surface area contributed by atoms with Crippen molar-refractivity contribution in [2.75, 3.05) is 0 Å². The molecule has 2 nitrogen and oxygen atoms in total. The van der Waals surface area contributed by atoms with E-state index in [4.69, 9.17) is 0 Å². The van der Waals surface area contributed by atoms with Crippen molar-refractivity contribution in [2.24, 2.45) is 4.99 Å². The summed E-state index contributed by atoms with van der Waals surface area (Å²) in [5, 5.41) is 0. The van der Waals surface area contributed by atoms with E-state index in [2.05, 4.69) is 11.1 Å². The lowest BCUT2D eigenvalue weighted by atomic mass is 9.90. The number of aliphatic imine (C=N–C) groups is 1. The average molecular weight is 189 g/mol. The van der Waals surface area contributed by atoms with Crippen molar-refractivity contribution in [2.45, 2.75) is 33.2 Å². The molecule has 0 radical (unpaired) electrons. The van der Waals surface area contributed by atoms with Crippen molar-refractivity contribution in [3.63, 3.8) is 0 Å². The molecule has 0 atom stereocenters. The molecular weight excluding hydrogens is 174 g/mol. The van der Waals surface area contributed by atoms with E-state index in [1.807, 2.05) is 39.8 Å². The Morgan fingerprint density at radius 1 is 1.29 bits per heavy atom. The van der Waals surface area contributed by atoms with Crippen LogP contribution in [0.5, 0.6) is 0 Å². The van der Waals surface area contributed by atoms with E-state index in [9.17, 15) is 4.79 Å². The van der Waals surface area contributed by atoms with Crippen LogP contribution in [-0.4, -0.2) is 6.08 Å². The van der Waals surface area contributed by atoms with Crippen LogP contribution in [-0.2, 0) is 10.3 Å². The Hall–Kier alpha value is -1.40. The first-order valence-corrected chi connectivity index (χ1v) is 4.64. The minimum Gasteiger partial charge on any atom is -0.211 e. The second-order valence-electron chi connectivity index (χ2n) is 4.08. The Kier molecular flexibility index (Phi) is 2.87. The molecule has 2 heteroatoms. The number of aryl methyl sites for hydroxylation is 2. The summed E-state index contributed by atoms with van der Waals surface area (Å²) in [6, 6.07) is 6.15. The molecule has 0 N–H and O–H groups in total. The van der Waals surface area contributed by atoms with E-state index in [0.29, 0.717) is 0 Å². The van der Waals surface area contributed by atoms with Gasteiger partial charge in [0.2, 0.25) is 6.08 Å². The smallest absolute Gasteiger partial charge is 0.211 e. The van der Waals surface area contributed by atoms with Crippen molar-refractivity contribution in [3.05, 3.63) is 34.9 Å². The summed E-state index contributed by atoms with van der Waals surface area (Å²) in [4.78, 5) is 14.1. The Balaban J connectivity index is 3.25. The highest BCUT2D eigenvalue weighted by Crippen LogP contribution is 2.27. The fourth-order valence-electron chi connectivity index (χ4n) is 1.67. The van der Waals surface area contributed by atoms with Crippen LogP contribution in [0.25, 0.3) is 0 Å². The van der Waals surface area contributed by atoms with Gasteiger partial charge in [0.25, 0.3) is 0 Å². The summed E-state index contributed by atoms with van der Waals surface area (Å²) >= 11 is 0. The quantitative estimate of drug-likeness (QED) is 0.519. The highest BCUT2D eigenvalue weighted by molar-refractivity contribution is 5.40. The molecule has 1 aromatic rings. The van der Waals surface area contributed by atoms with Crippen LogP contribution in [0, 0.1) is 13.8 Å². The molecule has 0 heterocycles. The van der Waals surface area contributed by atoms with Crippen molar-refractivity contribution in [1.29, 1.82) is 0 Å². The number of nitrogens with zero attached hydrogens (tertiary/aromatic N) is 1. The number of rotatable bonds is 2. The van der Waals surface area contributed by atoms with Gasteiger partial charge in [0.15, 0.2) is 0 Å². The molecule has 0 aliphatic heterocycles. The third kappa shape index (κ3) is 2.09. The fraction of sp³-hybridized carbons (Fsp3) is 0.417. The summed E-state index contributed by atoms with van der Waals surface area (Å²) in [6.45, 7) is 7.91. The molecule has 0 spiro atoms. The number of benzene rings is 1. The van der Waals surface area contributed by atoms with Gasteiger partial charge in [-0.05, 0) is 38.8 Å². The molecule has 0 unspecified atom stereocenters. The van der Waals surface area contributed by atoms with E-state index in [1.165, 1.54) is 5.56 Å². The van der Waals surface area contributed by atoms with Crippen LogP contribution in [0.4, 0.5) is 0 Å². The van der Waals surface area contributed by atoms with Gasteiger partial charge in [-0.25, -0.2) is 4.79 Å². The van der Waals surface area contributed by atoms with Gasteiger partial charge in [-0.15, -0.1) is 0 Å². The van der Waals surface area contributed by atoms with Crippen LogP contribution < -0.4 is 0 Å². The summed E-state index contributed by atoms with van der Waals surface area (Å²) in [6.07, 6.45) is 1.62. The molecule has 0 amide bonds. The van der Waals surface area contributed by atoms with Crippen LogP contribution in [0.3, 0.4) is 0 Å². The minimum absolute atomic E-state index is 0.473. The Bertz CT molecular complexity index is 387. The lowest BCUT2D eigenvalue weighted by molar-refractivity contribution is 0.521. The van der Waals surface area contributed by atoms with Gasteiger partial charge in [-0.3, -0.25) is 0 Å². The monoisotopic (exact) mass is 189 g/mol. The van der Waals surface area contributed by atoms with Crippen molar-refractivity contribution in [1.82, 2.24) is 0 Å². The molecule has 1 aromatic carbocycles. The second-order valence-corrected chi connectivity index (χ2v) is 4.08. The molecule has 0 saturated heterocycles. The summed E-state index contributed by atoms with van der Waals surface area (Å²) in [5.41, 5.74) is 2.98. The van der Waals surface area contributed by atoms with Gasteiger partial charge in [-0.1, -0.05) is 23.8 Å². The van der Waals surface area contributed by atoms with E-state index >= 15 is 0 Å². The summed E-state index contributed by atoms with van der Waals surface area (Å²) in [7, 11) is 0. The minimum atomic E-state index is -0.473. The standard InChI is InChI=1S/C12H15NO/c1-9-5-6-11(10(2)7-9)12(3,4)13-8-14/h5-7H,1-4H3. The third-order valence-corrected chi connectivity index (χ3v) is 2.37. The third-order valence-electron chi connectivity index (χ3n) is 2.37. The average Bonchev–Trinajstić information content (AvgIpc) is 2.02. The Morgan fingerprint density at radius 3 is 2.43 bits per heavy atom. The fourth-order valence-corrected chi connectivity index (χ4v) is 1.67. The molecule has 74 valence electrons. The molecule has 0 aliphatic rings. The predicted octanol–water partition coefficient (Wildman–Crippen LogP) is 2.87. The van der Waals surface area contributed by atoms with E-state index in [-0.39, 0.29) is 0 Å². The maximum atomic E-state index is 10.3. The zero-order valence-corrected chi connectivity index (χ0v) is 9.09. The number of hydrogen-bond acceptors (Lipinski definition) is 2. The van der Waals surface area contributed by atoms with Gasteiger partial charge in [0.05, 0.1) is 5.54 Å². The molecule has 0 saturated carbocycles. The van der Waals surface area contributed by atoms with Crippen LogP contribution in [0.15, 0.2) is 23.2 Å². The molecule has 0 bridgehead atoms. The summed E-state index contributed by atoms with van der Waals surface area (Å²) < 4.78 is 0. The summed E-state index contributed by atoms with van der Waals surface area (Å²) in [5.74, 6) is 0. The van der Waals surface area contributed by atoms with Crippen molar-refractivity contribution in [3.8, 4) is 0 Å². The van der Waals surface area contributed by atoms with Crippen LogP contribution >= 0.6 is 0 Å². The maximum Gasteiger partial charge on any atom is 0.235 e. The Morgan fingerprint density at radius 2 is 1.93 bits per heavy atom. The van der Waals surface area contributed by atoms with Crippen LogP contribution in [0.2, 0.25) is 0 Å². The van der Waals surface area contributed by atoms with E-state index in [0.717, 1.165) is 11.1 Å². The topological polar surface area (TPSA) is 29.4 Å². The normalized spacial score (nSPS) is 10.9. The highest BCUT2D eigenvalue weighted by atomic mass is 16.1. The maximum absolute atomic E-state index is 10.3. The molecular formula is C12H15NO. The largest absolute Gasteiger partial charge is 0.235 e. The second kappa shape index (κ2) is 3.77. The molecule has 0 aromatic heterocycles. The van der Waals surface area contributed by atoms with Gasteiger partial charge < -0.3 is 0 Å². The Labute approximate surface area is 84.7 Å². The molecule has 14 heavy (non-hydrogen) atoms. The zero-order valence-electron chi connectivity index (χ0n) is 9.09. The predicted molar refractivity (Wildman–Crippen MR) is 57.1 cm³/mol. The first-order chi connectivity index (χ1) is 6.47. The van der Waals surface area contributed by atoms with Crippen molar-refractivity contribution < 1.29 is 4.79 Å². The lowest BCUT2D eigenvalue weighted by Gasteiger charge is -2.20. The first kappa shape index (κ1) is 10.7. The van der Waals surface area contributed by atoms with E-state index < -0.39 is 5.54 Å². The SMILES string of the molecule is Cc1ccc(C(C)(C)N=C=O)c(C)c1. The first-order valence-electron chi connectivity index (χ1n) is 4.64. The van der Waals surface area contributed by atoms with Crippen LogP contribution in [0.1, 0.15) is 30.5 Å². The molecule has 0 aliphatic carbocycles. The molecule has 1 rings (SSSR count).